The number of hydrogen-bond acceptors (Lipinski definition) is 0. The van der Waals surface area contributed by atoms with E-state index in [-0.39, 0.29) is 0 Å². The summed E-state index contributed by atoms with van der Waals surface area (Å²) in [5.41, 5.74) is 0. The molecule has 7 heavy (non-hydrogen) atoms. The minimum atomic E-state index is 1.01. The summed E-state index contributed by atoms with van der Waals surface area (Å²) in [4.78, 5) is 0. The van der Waals surface area contributed by atoms with E-state index in [1.54, 1.807) is 0 Å². The second kappa shape index (κ2) is 1.22. The molecular weight excluding hydrogens is 86.1 g/mol. The van der Waals surface area contributed by atoms with Crippen molar-refractivity contribution in [3.8, 4) is 0 Å². The fourth-order valence-corrected chi connectivity index (χ4v) is 1.61. The summed E-state index contributed by atoms with van der Waals surface area (Å²) in [6.07, 6.45) is 2.98. The quantitative estimate of drug-likeness (QED) is 0.420. The highest BCUT2D eigenvalue weighted by molar-refractivity contribution is 4.86. The van der Waals surface area contributed by atoms with E-state index in [9.17, 15) is 0 Å². The largest absolute Gasteiger partial charge is 0.241 e. The van der Waals surface area contributed by atoms with Gasteiger partial charge in [0.15, 0.2) is 0 Å². The maximum absolute atomic E-state index is 4.31. The van der Waals surface area contributed by atoms with Gasteiger partial charge in [-0.25, -0.2) is 5.32 Å². The summed E-state index contributed by atoms with van der Waals surface area (Å²) in [5.74, 6) is 2.03. The van der Waals surface area contributed by atoms with Crippen LogP contribution in [0.1, 0.15) is 12.8 Å². The molecule has 1 aliphatic carbocycles. The van der Waals surface area contributed by atoms with Gasteiger partial charge in [0.25, 0.3) is 0 Å². The highest BCUT2D eigenvalue weighted by atomic mass is 14.9. The van der Waals surface area contributed by atoms with Gasteiger partial charge in [-0.3, -0.25) is 0 Å². The molecule has 1 radical (unpaired) electrons. The van der Waals surface area contributed by atoms with Crippen molar-refractivity contribution in [2.24, 2.45) is 11.8 Å². The van der Waals surface area contributed by atoms with Crippen molar-refractivity contribution in [3.63, 3.8) is 0 Å². The zero-order valence-corrected chi connectivity index (χ0v) is 4.43. The monoisotopic (exact) mass is 96.1 g/mol. The van der Waals surface area contributed by atoms with Gasteiger partial charge in [0.2, 0.25) is 0 Å². The number of rotatable bonds is 0. The number of fused-ring (bicyclic) bond motifs is 2. The molecular formula is C6H10N. The van der Waals surface area contributed by atoms with Crippen LogP contribution in [0.15, 0.2) is 0 Å². The van der Waals surface area contributed by atoms with Gasteiger partial charge in [-0.1, -0.05) is 0 Å². The standard InChI is InChI=1S/C6H10N/c1-5-2-6(1)4-7-3-5/h5-6H,1-4H2. The molecule has 0 unspecified atom stereocenters. The van der Waals surface area contributed by atoms with E-state index in [0.29, 0.717) is 0 Å². The molecule has 1 saturated carbocycles. The lowest BCUT2D eigenvalue weighted by Gasteiger charge is -2.40. The van der Waals surface area contributed by atoms with Gasteiger partial charge < -0.3 is 0 Å². The van der Waals surface area contributed by atoms with Gasteiger partial charge in [0.1, 0.15) is 0 Å². The molecule has 0 aromatic carbocycles. The Bertz CT molecular complexity index is 60.7. The molecule has 2 aliphatic heterocycles. The molecule has 0 atom stereocenters. The summed E-state index contributed by atoms with van der Waals surface area (Å²) in [5, 5.41) is 4.31. The fraction of sp³-hybridized carbons (Fsp3) is 1.00. The lowest BCUT2D eigenvalue weighted by atomic mass is 9.72. The van der Waals surface area contributed by atoms with Crippen LogP contribution in [0.25, 0.3) is 0 Å². The third-order valence-electron chi connectivity index (χ3n) is 2.11. The lowest BCUT2D eigenvalue weighted by molar-refractivity contribution is 0.132. The first-order valence-electron chi connectivity index (χ1n) is 3.08. The van der Waals surface area contributed by atoms with E-state index >= 15 is 0 Å². The Balaban J connectivity index is 1.99. The van der Waals surface area contributed by atoms with Gasteiger partial charge in [0.05, 0.1) is 0 Å². The van der Waals surface area contributed by atoms with E-state index in [2.05, 4.69) is 5.32 Å². The van der Waals surface area contributed by atoms with Crippen molar-refractivity contribution in [3.05, 3.63) is 0 Å². The molecule has 39 valence electrons. The lowest BCUT2D eigenvalue weighted by Crippen LogP contribution is -2.41. The van der Waals surface area contributed by atoms with Gasteiger partial charge in [0, 0.05) is 13.1 Å². The Hall–Kier alpha value is -0.0400. The third kappa shape index (κ3) is 0.480. The predicted octanol–water partition coefficient (Wildman–Crippen LogP) is 0.631. The highest BCUT2D eigenvalue weighted by Gasteiger charge is 2.32. The average molecular weight is 96.2 g/mol. The molecule has 3 fully saturated rings. The number of nitrogens with zero attached hydrogens (tertiary/aromatic N) is 1. The Kier molecular flexibility index (Phi) is 0.680. The highest BCUT2D eigenvalue weighted by Crippen LogP contribution is 2.36. The first-order chi connectivity index (χ1) is 3.45. The number of hydrogen-bond donors (Lipinski definition) is 0. The van der Waals surface area contributed by atoms with Crippen LogP contribution in [-0.2, 0) is 0 Å². The van der Waals surface area contributed by atoms with E-state index in [1.807, 2.05) is 0 Å². The predicted molar refractivity (Wildman–Crippen MR) is 28.1 cm³/mol. The van der Waals surface area contributed by atoms with Crippen molar-refractivity contribution in [2.75, 3.05) is 13.1 Å². The molecule has 0 aromatic heterocycles. The van der Waals surface area contributed by atoms with Crippen LogP contribution in [0, 0.1) is 11.8 Å². The Morgan fingerprint density at radius 1 is 1.00 bits per heavy atom. The fourth-order valence-electron chi connectivity index (χ4n) is 1.61. The van der Waals surface area contributed by atoms with E-state index in [0.717, 1.165) is 11.8 Å². The van der Waals surface area contributed by atoms with Crippen LogP contribution in [0.5, 0.6) is 0 Å². The Morgan fingerprint density at radius 3 is 1.71 bits per heavy atom. The maximum atomic E-state index is 4.31. The summed E-state index contributed by atoms with van der Waals surface area (Å²) in [6, 6.07) is 0. The normalized spacial score (nSPS) is 48.0. The third-order valence-corrected chi connectivity index (χ3v) is 2.11. The Morgan fingerprint density at radius 2 is 1.57 bits per heavy atom. The van der Waals surface area contributed by atoms with Gasteiger partial charge >= 0.3 is 0 Å². The molecule has 0 aromatic rings. The summed E-state index contributed by atoms with van der Waals surface area (Å²) < 4.78 is 0. The molecule has 1 nitrogen and oxygen atoms in total. The molecule has 0 N–H and O–H groups in total. The molecule has 0 spiro atoms. The second-order valence-electron chi connectivity index (χ2n) is 2.79. The maximum Gasteiger partial charge on any atom is 0.0162 e. The topological polar surface area (TPSA) is 14.1 Å². The van der Waals surface area contributed by atoms with Crippen molar-refractivity contribution in [2.45, 2.75) is 12.8 Å². The zero-order valence-electron chi connectivity index (χ0n) is 4.43. The molecule has 0 amide bonds. The zero-order chi connectivity index (χ0) is 4.69. The van der Waals surface area contributed by atoms with E-state index in [4.69, 9.17) is 0 Å². The minimum absolute atomic E-state index is 1.01. The van der Waals surface area contributed by atoms with Crippen LogP contribution >= 0.6 is 0 Å². The molecule has 3 aliphatic rings. The minimum Gasteiger partial charge on any atom is -0.241 e. The van der Waals surface area contributed by atoms with Crippen LogP contribution in [-0.4, -0.2) is 13.1 Å². The van der Waals surface area contributed by atoms with Crippen LogP contribution in [0.4, 0.5) is 0 Å². The van der Waals surface area contributed by atoms with Crippen LogP contribution in [0.2, 0.25) is 0 Å². The molecule has 2 saturated heterocycles. The van der Waals surface area contributed by atoms with E-state index < -0.39 is 0 Å². The first-order valence-corrected chi connectivity index (χ1v) is 3.08. The van der Waals surface area contributed by atoms with Crippen molar-refractivity contribution < 1.29 is 0 Å². The van der Waals surface area contributed by atoms with Crippen molar-refractivity contribution >= 4 is 0 Å². The molecule has 2 bridgehead atoms. The molecule has 2 heterocycles. The van der Waals surface area contributed by atoms with E-state index in [1.165, 1.54) is 25.9 Å². The summed E-state index contributed by atoms with van der Waals surface area (Å²) in [7, 11) is 0. The van der Waals surface area contributed by atoms with Gasteiger partial charge in [-0.2, -0.15) is 0 Å². The Labute approximate surface area is 44.1 Å². The van der Waals surface area contributed by atoms with Crippen LogP contribution in [0.3, 0.4) is 0 Å². The smallest absolute Gasteiger partial charge is 0.0162 e. The van der Waals surface area contributed by atoms with Crippen molar-refractivity contribution in [1.29, 1.82) is 0 Å². The first kappa shape index (κ1) is 3.90. The second-order valence-corrected chi connectivity index (χ2v) is 2.79. The molecule has 1 heteroatoms. The number of piperidine rings is 2. The summed E-state index contributed by atoms with van der Waals surface area (Å²) in [6.45, 7) is 2.35. The molecule has 3 rings (SSSR count). The van der Waals surface area contributed by atoms with Gasteiger partial charge in [-0.15, -0.1) is 0 Å². The summed E-state index contributed by atoms with van der Waals surface area (Å²) >= 11 is 0. The van der Waals surface area contributed by atoms with Gasteiger partial charge in [-0.05, 0) is 24.7 Å². The van der Waals surface area contributed by atoms with Crippen molar-refractivity contribution in [1.82, 2.24) is 5.32 Å². The van der Waals surface area contributed by atoms with Crippen LogP contribution < -0.4 is 5.32 Å². The SMILES string of the molecule is C1[N]CC2CC1C2. The average Bonchev–Trinajstić information content (AvgIpc) is 1.67.